The molecule has 0 unspecified atom stereocenters. The number of azide groups is 1. The summed E-state index contributed by atoms with van der Waals surface area (Å²) in [5, 5.41) is 3.72. The number of hydrogen-bond acceptors (Lipinski definition) is 2. The molecule has 56 valence electrons. The highest BCUT2D eigenvalue weighted by atomic mass is 16.5. The normalized spacial score (nSPS) is 23.3. The lowest BCUT2D eigenvalue weighted by atomic mass is 9.94. The van der Waals surface area contributed by atoms with Crippen molar-refractivity contribution < 1.29 is 4.74 Å². The van der Waals surface area contributed by atoms with Crippen LogP contribution in [0.1, 0.15) is 19.8 Å². The van der Waals surface area contributed by atoms with Gasteiger partial charge in [-0.1, -0.05) is 12.0 Å². The first-order valence-electron chi connectivity index (χ1n) is 3.41. The Morgan fingerprint density at radius 2 is 2.10 bits per heavy atom. The molecule has 1 fully saturated rings. The van der Waals surface area contributed by atoms with Crippen LogP contribution in [-0.4, -0.2) is 18.8 Å². The fourth-order valence-corrected chi connectivity index (χ4v) is 1.02. The van der Waals surface area contributed by atoms with E-state index >= 15 is 0 Å². The molecule has 1 saturated heterocycles. The first-order chi connectivity index (χ1) is 4.77. The average Bonchev–Trinajstić information content (AvgIpc) is 1.89. The minimum Gasteiger partial charge on any atom is -0.381 e. The molecule has 0 bridgehead atoms. The highest BCUT2D eigenvalue weighted by Crippen LogP contribution is 2.23. The molecule has 0 amide bonds. The Balaban J connectivity index is 2.56. The Morgan fingerprint density at radius 1 is 1.50 bits per heavy atom. The quantitative estimate of drug-likeness (QED) is 0.312. The van der Waals surface area contributed by atoms with Crippen LogP contribution in [0.3, 0.4) is 0 Å². The lowest BCUT2D eigenvalue weighted by Gasteiger charge is -2.27. The Labute approximate surface area is 59.8 Å². The van der Waals surface area contributed by atoms with E-state index in [-0.39, 0.29) is 5.54 Å². The van der Waals surface area contributed by atoms with Crippen LogP contribution < -0.4 is 0 Å². The largest absolute Gasteiger partial charge is 0.381 e. The maximum atomic E-state index is 8.20. The summed E-state index contributed by atoms with van der Waals surface area (Å²) < 4.78 is 5.13. The zero-order valence-electron chi connectivity index (χ0n) is 6.08. The van der Waals surface area contributed by atoms with Crippen LogP contribution in [0.2, 0.25) is 0 Å². The zero-order chi connectivity index (χ0) is 7.45. The molecule has 0 radical (unpaired) electrons. The van der Waals surface area contributed by atoms with Gasteiger partial charge >= 0.3 is 0 Å². The molecule has 0 saturated carbocycles. The van der Waals surface area contributed by atoms with Crippen molar-refractivity contribution in [3.63, 3.8) is 0 Å². The molecular formula is C6H11N3O. The van der Waals surface area contributed by atoms with E-state index in [1.54, 1.807) is 0 Å². The summed E-state index contributed by atoms with van der Waals surface area (Å²) in [6.45, 7) is 3.40. The minimum atomic E-state index is -0.187. The molecule has 0 aromatic carbocycles. The monoisotopic (exact) mass is 141 g/mol. The highest BCUT2D eigenvalue weighted by molar-refractivity contribution is 4.85. The van der Waals surface area contributed by atoms with Crippen LogP contribution >= 0.6 is 0 Å². The molecule has 0 aromatic heterocycles. The first-order valence-corrected chi connectivity index (χ1v) is 3.41. The third-order valence-electron chi connectivity index (χ3n) is 1.86. The van der Waals surface area contributed by atoms with Crippen LogP contribution in [0.25, 0.3) is 10.4 Å². The highest BCUT2D eigenvalue weighted by Gasteiger charge is 2.25. The van der Waals surface area contributed by atoms with Gasteiger partial charge in [0.05, 0.1) is 5.54 Å². The SMILES string of the molecule is CC1(N=[N+]=[N-])CCOCC1. The van der Waals surface area contributed by atoms with Crippen LogP contribution in [0.4, 0.5) is 0 Å². The molecule has 1 aliphatic rings. The summed E-state index contributed by atoms with van der Waals surface area (Å²) in [5.41, 5.74) is 8.01. The number of hydrogen-bond donors (Lipinski definition) is 0. The molecule has 0 N–H and O–H groups in total. The molecule has 0 aromatic rings. The number of rotatable bonds is 1. The first kappa shape index (κ1) is 7.38. The lowest BCUT2D eigenvalue weighted by molar-refractivity contribution is 0.0595. The van der Waals surface area contributed by atoms with Gasteiger partial charge in [-0.3, -0.25) is 0 Å². The topological polar surface area (TPSA) is 58.0 Å². The van der Waals surface area contributed by atoms with Gasteiger partial charge in [0.15, 0.2) is 0 Å². The molecule has 0 spiro atoms. The second-order valence-corrected chi connectivity index (χ2v) is 2.80. The van der Waals surface area contributed by atoms with Gasteiger partial charge in [0.25, 0.3) is 0 Å². The fourth-order valence-electron chi connectivity index (χ4n) is 1.02. The minimum absolute atomic E-state index is 0.187. The third kappa shape index (κ3) is 1.62. The Kier molecular flexibility index (Phi) is 2.14. The Bertz CT molecular complexity index is 156. The number of ether oxygens (including phenoxy) is 1. The van der Waals surface area contributed by atoms with Gasteiger partial charge in [-0.25, -0.2) is 0 Å². The predicted molar refractivity (Wildman–Crippen MR) is 37.6 cm³/mol. The van der Waals surface area contributed by atoms with Gasteiger partial charge in [-0.2, -0.15) is 0 Å². The van der Waals surface area contributed by atoms with Gasteiger partial charge in [0.1, 0.15) is 0 Å². The standard InChI is InChI=1S/C6H11N3O/c1-6(8-9-7)2-4-10-5-3-6/h2-5H2,1H3. The van der Waals surface area contributed by atoms with Gasteiger partial charge in [-0.05, 0) is 18.4 Å². The molecule has 1 rings (SSSR count). The van der Waals surface area contributed by atoms with Crippen LogP contribution in [-0.2, 0) is 4.74 Å². The molecule has 0 aliphatic carbocycles. The molecule has 1 heterocycles. The van der Waals surface area contributed by atoms with Gasteiger partial charge in [0, 0.05) is 18.1 Å². The van der Waals surface area contributed by atoms with Crippen molar-refractivity contribution in [1.29, 1.82) is 0 Å². The third-order valence-corrected chi connectivity index (χ3v) is 1.86. The fraction of sp³-hybridized carbons (Fsp3) is 1.00. The van der Waals surface area contributed by atoms with Crippen LogP contribution in [0.5, 0.6) is 0 Å². The molecule has 4 nitrogen and oxygen atoms in total. The summed E-state index contributed by atoms with van der Waals surface area (Å²) >= 11 is 0. The van der Waals surface area contributed by atoms with Crippen LogP contribution in [0.15, 0.2) is 5.11 Å². The van der Waals surface area contributed by atoms with Gasteiger partial charge in [0.2, 0.25) is 0 Å². The summed E-state index contributed by atoms with van der Waals surface area (Å²) in [7, 11) is 0. The second kappa shape index (κ2) is 2.90. The van der Waals surface area contributed by atoms with Crippen LogP contribution in [0, 0.1) is 0 Å². The van der Waals surface area contributed by atoms with E-state index in [1.165, 1.54) is 0 Å². The molecule has 0 atom stereocenters. The second-order valence-electron chi connectivity index (χ2n) is 2.80. The van der Waals surface area contributed by atoms with Crippen molar-refractivity contribution in [2.45, 2.75) is 25.3 Å². The van der Waals surface area contributed by atoms with E-state index < -0.39 is 0 Å². The maximum Gasteiger partial charge on any atom is 0.0503 e. The van der Waals surface area contributed by atoms with Crippen molar-refractivity contribution >= 4 is 0 Å². The summed E-state index contributed by atoms with van der Waals surface area (Å²) in [6.07, 6.45) is 1.69. The molecular weight excluding hydrogens is 130 g/mol. The van der Waals surface area contributed by atoms with E-state index in [4.69, 9.17) is 10.3 Å². The van der Waals surface area contributed by atoms with E-state index in [0.717, 1.165) is 26.1 Å². The zero-order valence-corrected chi connectivity index (χ0v) is 6.08. The predicted octanol–water partition coefficient (Wildman–Crippen LogP) is 1.87. The van der Waals surface area contributed by atoms with E-state index in [9.17, 15) is 0 Å². The molecule has 1 aliphatic heterocycles. The average molecular weight is 141 g/mol. The Hall–Kier alpha value is -0.730. The van der Waals surface area contributed by atoms with Crippen molar-refractivity contribution in [1.82, 2.24) is 0 Å². The van der Waals surface area contributed by atoms with Gasteiger partial charge < -0.3 is 4.74 Å². The van der Waals surface area contributed by atoms with E-state index in [0.29, 0.717) is 0 Å². The Morgan fingerprint density at radius 3 is 2.60 bits per heavy atom. The maximum absolute atomic E-state index is 8.20. The van der Waals surface area contributed by atoms with Crippen molar-refractivity contribution in [2.75, 3.05) is 13.2 Å². The van der Waals surface area contributed by atoms with E-state index in [1.807, 2.05) is 6.92 Å². The summed E-state index contributed by atoms with van der Waals surface area (Å²) in [5.74, 6) is 0. The van der Waals surface area contributed by atoms with Crippen molar-refractivity contribution in [3.8, 4) is 0 Å². The lowest BCUT2D eigenvalue weighted by Crippen LogP contribution is -2.30. The smallest absolute Gasteiger partial charge is 0.0503 e. The number of nitrogens with zero attached hydrogens (tertiary/aromatic N) is 3. The van der Waals surface area contributed by atoms with Gasteiger partial charge in [-0.15, -0.1) is 0 Å². The molecule has 10 heavy (non-hydrogen) atoms. The molecule has 4 heteroatoms. The summed E-state index contributed by atoms with van der Waals surface area (Å²) in [6, 6.07) is 0. The summed E-state index contributed by atoms with van der Waals surface area (Å²) in [4.78, 5) is 2.80. The van der Waals surface area contributed by atoms with Crippen molar-refractivity contribution in [3.05, 3.63) is 10.4 Å². The van der Waals surface area contributed by atoms with E-state index in [2.05, 4.69) is 10.0 Å². The van der Waals surface area contributed by atoms with Crippen molar-refractivity contribution in [2.24, 2.45) is 5.11 Å².